The fourth-order valence-electron chi connectivity index (χ4n) is 5.33. The number of aromatic nitrogens is 2. The highest BCUT2D eigenvalue weighted by Gasteiger charge is 2.19. The predicted molar refractivity (Wildman–Crippen MR) is 158 cm³/mol. The Morgan fingerprint density at radius 1 is 0.905 bits per heavy atom. The molecule has 42 heavy (non-hydrogen) atoms. The number of hydrogen-bond acceptors (Lipinski definition) is 7. The lowest BCUT2D eigenvalue weighted by Crippen LogP contribution is -2.35. The van der Waals surface area contributed by atoms with E-state index in [-0.39, 0.29) is 12.3 Å². The highest BCUT2D eigenvalue weighted by atomic mass is 16.5. The molecule has 1 aliphatic heterocycles. The summed E-state index contributed by atoms with van der Waals surface area (Å²) in [4.78, 5) is 19.8. The highest BCUT2D eigenvalue weighted by Crippen LogP contribution is 2.32. The van der Waals surface area contributed by atoms with Gasteiger partial charge in [-0.25, -0.2) is 4.98 Å². The van der Waals surface area contributed by atoms with Gasteiger partial charge in [-0.05, 0) is 60.4 Å². The summed E-state index contributed by atoms with van der Waals surface area (Å²) < 4.78 is 23.1. The molecule has 0 N–H and O–H groups in total. The third-order valence-electron chi connectivity index (χ3n) is 7.39. The van der Waals surface area contributed by atoms with E-state index in [1.165, 1.54) is 0 Å². The first-order valence-corrected chi connectivity index (χ1v) is 14.2. The predicted octanol–water partition coefficient (Wildman–Crippen LogP) is 6.18. The summed E-state index contributed by atoms with van der Waals surface area (Å²) in [5, 5.41) is 4.13. The van der Waals surface area contributed by atoms with Crippen LogP contribution in [-0.4, -0.2) is 47.3 Å². The maximum Gasteiger partial charge on any atom is 0.229 e. The third-order valence-corrected chi connectivity index (χ3v) is 7.39. The van der Waals surface area contributed by atoms with Crippen LogP contribution in [0.2, 0.25) is 0 Å². The van der Waals surface area contributed by atoms with Crippen molar-refractivity contribution < 1.29 is 23.2 Å². The number of fused-ring (bicyclic) bond motifs is 3. The Hall–Kier alpha value is -4.69. The van der Waals surface area contributed by atoms with E-state index in [9.17, 15) is 4.79 Å². The van der Waals surface area contributed by atoms with Crippen LogP contribution in [0.3, 0.4) is 0 Å². The second-order valence-corrected chi connectivity index (χ2v) is 10.5. The summed E-state index contributed by atoms with van der Waals surface area (Å²) in [6, 6.07) is 24.2. The van der Waals surface area contributed by atoms with Crippen LogP contribution in [0.4, 0.5) is 0 Å². The Bertz CT molecular complexity index is 1650. The molecule has 0 saturated heterocycles. The fraction of sp³-hybridized carbons (Fsp3) is 0.265. The number of nitrogens with zero attached hydrogens (tertiary/aromatic N) is 3. The number of amides is 1. The van der Waals surface area contributed by atoms with Crippen molar-refractivity contribution in [3.8, 4) is 28.3 Å². The van der Waals surface area contributed by atoms with E-state index in [0.717, 1.165) is 50.6 Å². The van der Waals surface area contributed by atoms with E-state index in [0.29, 0.717) is 50.9 Å². The molecule has 0 fully saturated rings. The molecule has 3 aromatic carbocycles. The molecule has 0 atom stereocenters. The van der Waals surface area contributed by atoms with Gasteiger partial charge in [0, 0.05) is 30.6 Å². The lowest BCUT2D eigenvalue weighted by atomic mass is 9.96. The van der Waals surface area contributed by atoms with Gasteiger partial charge in [0.05, 0.1) is 31.0 Å². The van der Waals surface area contributed by atoms with Gasteiger partial charge in [0.2, 0.25) is 11.8 Å². The monoisotopic (exact) mass is 563 g/mol. The lowest BCUT2D eigenvalue weighted by Gasteiger charge is -2.23. The molecule has 5 aromatic rings. The van der Waals surface area contributed by atoms with Crippen LogP contribution in [0.25, 0.3) is 22.6 Å². The van der Waals surface area contributed by atoms with Crippen molar-refractivity contribution in [3.63, 3.8) is 0 Å². The molecule has 2 aromatic heterocycles. The van der Waals surface area contributed by atoms with Crippen molar-refractivity contribution in [3.05, 3.63) is 113 Å². The standard InChI is InChI=1S/C34H33N3O5/c1-23-33(24(2)42-36-23)28-11-12-31-29(19-28)18-25-7-6-8-26(17-25)21-37(13-14-39-15-16-40-31)32(38)20-30-22-41-34(35-30)27-9-4-3-5-10-27/h3-12,17,19,22H,13-16,18,20-21H2,1-2H3. The summed E-state index contributed by atoms with van der Waals surface area (Å²) in [5.41, 5.74) is 7.64. The summed E-state index contributed by atoms with van der Waals surface area (Å²) in [5.74, 6) is 2.09. The summed E-state index contributed by atoms with van der Waals surface area (Å²) >= 11 is 0. The van der Waals surface area contributed by atoms with E-state index in [4.69, 9.17) is 18.4 Å². The maximum atomic E-state index is 13.5. The quantitative estimate of drug-likeness (QED) is 0.258. The van der Waals surface area contributed by atoms with Crippen LogP contribution >= 0.6 is 0 Å². The SMILES string of the molecule is Cc1noc(C)c1-c1ccc2c(c1)Cc1cccc(c1)CN(C(=O)Cc1coc(-c3ccccc3)n1)CCOCCO2. The summed E-state index contributed by atoms with van der Waals surface area (Å²) in [6.07, 6.45) is 2.39. The van der Waals surface area contributed by atoms with Gasteiger partial charge in [0.1, 0.15) is 24.4 Å². The van der Waals surface area contributed by atoms with Crippen LogP contribution < -0.4 is 4.74 Å². The minimum Gasteiger partial charge on any atom is -0.491 e. The zero-order valence-electron chi connectivity index (χ0n) is 23.8. The average Bonchev–Trinajstić information content (AvgIpc) is 3.60. The van der Waals surface area contributed by atoms with E-state index in [1.54, 1.807) is 6.26 Å². The number of ether oxygens (including phenoxy) is 2. The van der Waals surface area contributed by atoms with E-state index in [2.05, 4.69) is 34.4 Å². The molecule has 0 unspecified atom stereocenters. The molecule has 8 nitrogen and oxygen atoms in total. The van der Waals surface area contributed by atoms with Crippen molar-refractivity contribution in [1.29, 1.82) is 0 Å². The second kappa shape index (κ2) is 12.4. The van der Waals surface area contributed by atoms with Gasteiger partial charge in [-0.3, -0.25) is 4.79 Å². The van der Waals surface area contributed by atoms with Crippen molar-refractivity contribution >= 4 is 5.91 Å². The maximum absolute atomic E-state index is 13.5. The lowest BCUT2D eigenvalue weighted by molar-refractivity contribution is -0.132. The molecule has 0 spiro atoms. The normalized spacial score (nSPS) is 14.1. The van der Waals surface area contributed by atoms with Gasteiger partial charge in [-0.2, -0.15) is 0 Å². The van der Waals surface area contributed by atoms with Crippen LogP contribution in [0, 0.1) is 13.8 Å². The van der Waals surface area contributed by atoms with Crippen LogP contribution in [0.1, 0.15) is 33.8 Å². The number of rotatable bonds is 4. The van der Waals surface area contributed by atoms with Gasteiger partial charge < -0.3 is 23.3 Å². The average molecular weight is 564 g/mol. The Morgan fingerprint density at radius 3 is 2.60 bits per heavy atom. The molecule has 2 bridgehead atoms. The molecule has 214 valence electrons. The van der Waals surface area contributed by atoms with Crippen LogP contribution in [-0.2, 0) is 28.9 Å². The van der Waals surface area contributed by atoms with Gasteiger partial charge >= 0.3 is 0 Å². The van der Waals surface area contributed by atoms with Crippen molar-refractivity contribution in [1.82, 2.24) is 15.0 Å². The first kappa shape index (κ1) is 27.5. The number of benzene rings is 3. The highest BCUT2D eigenvalue weighted by molar-refractivity contribution is 5.78. The second-order valence-electron chi connectivity index (χ2n) is 10.5. The minimum absolute atomic E-state index is 0.0327. The number of hydrogen-bond donors (Lipinski definition) is 0. The summed E-state index contributed by atoms with van der Waals surface area (Å²) in [6.45, 7) is 6.05. The largest absolute Gasteiger partial charge is 0.491 e. The number of oxazole rings is 1. The van der Waals surface area contributed by atoms with Crippen LogP contribution in [0.5, 0.6) is 5.75 Å². The number of carbonyl (C=O) groups is 1. The molecule has 0 saturated carbocycles. The molecular weight excluding hydrogens is 530 g/mol. The van der Waals surface area contributed by atoms with Crippen molar-refractivity contribution in [2.75, 3.05) is 26.4 Å². The molecule has 3 heterocycles. The Balaban J connectivity index is 1.23. The molecular formula is C34H33N3O5. The van der Waals surface area contributed by atoms with Crippen LogP contribution in [0.15, 0.2) is 88.0 Å². The molecule has 0 aliphatic carbocycles. The molecule has 8 heteroatoms. The zero-order chi connectivity index (χ0) is 28.9. The molecule has 1 amide bonds. The van der Waals surface area contributed by atoms with Gasteiger partial charge in [-0.1, -0.05) is 53.7 Å². The van der Waals surface area contributed by atoms with Gasteiger partial charge in [-0.15, -0.1) is 0 Å². The van der Waals surface area contributed by atoms with E-state index < -0.39 is 0 Å². The Kier molecular flexibility index (Phi) is 8.14. The van der Waals surface area contributed by atoms with Crippen molar-refractivity contribution in [2.24, 2.45) is 0 Å². The smallest absolute Gasteiger partial charge is 0.229 e. The fourth-order valence-corrected chi connectivity index (χ4v) is 5.33. The third kappa shape index (κ3) is 6.29. The Morgan fingerprint density at radius 2 is 1.76 bits per heavy atom. The minimum atomic E-state index is -0.0327. The zero-order valence-corrected chi connectivity index (χ0v) is 23.8. The van der Waals surface area contributed by atoms with Gasteiger partial charge in [0.25, 0.3) is 0 Å². The van der Waals surface area contributed by atoms with E-state index in [1.807, 2.05) is 67.3 Å². The van der Waals surface area contributed by atoms with Gasteiger partial charge in [0.15, 0.2) is 0 Å². The van der Waals surface area contributed by atoms with Crippen molar-refractivity contribution in [2.45, 2.75) is 33.2 Å². The topological polar surface area (TPSA) is 90.8 Å². The first-order chi connectivity index (χ1) is 20.5. The summed E-state index contributed by atoms with van der Waals surface area (Å²) in [7, 11) is 0. The first-order valence-electron chi connectivity index (χ1n) is 14.2. The number of carbonyl (C=O) groups excluding carboxylic acids is 1. The molecule has 0 radical (unpaired) electrons. The molecule has 6 rings (SSSR count). The number of aryl methyl sites for hydroxylation is 2. The molecule has 1 aliphatic rings. The Labute approximate surface area is 244 Å². The van der Waals surface area contributed by atoms with E-state index >= 15 is 0 Å².